The summed E-state index contributed by atoms with van der Waals surface area (Å²) in [6.45, 7) is 2.54. The average Bonchev–Trinajstić information content (AvgIpc) is 2.72. The molecule has 2 N–H and O–H groups in total. The van der Waals surface area contributed by atoms with Crippen LogP contribution in [0, 0.1) is 0 Å². The van der Waals surface area contributed by atoms with E-state index in [0.29, 0.717) is 12.0 Å². The minimum absolute atomic E-state index is 0.156. The van der Waals surface area contributed by atoms with Crippen LogP contribution in [0.1, 0.15) is 6.92 Å². The van der Waals surface area contributed by atoms with Gasteiger partial charge in [0, 0.05) is 11.6 Å². The summed E-state index contributed by atoms with van der Waals surface area (Å²) in [7, 11) is 0. The Morgan fingerprint density at radius 1 is 1.29 bits per heavy atom. The first kappa shape index (κ1) is 9.89. The van der Waals surface area contributed by atoms with E-state index in [1.807, 2.05) is 25.1 Å². The third-order valence-electron chi connectivity index (χ3n) is 2.70. The first-order chi connectivity index (χ1) is 8.29. The molecule has 0 saturated heterocycles. The van der Waals surface area contributed by atoms with Crippen LogP contribution in [0.4, 0.5) is 0 Å². The van der Waals surface area contributed by atoms with Gasteiger partial charge in [-0.15, -0.1) is 0 Å². The lowest BCUT2D eigenvalue weighted by molar-refractivity contribution is 0.341. The van der Waals surface area contributed by atoms with Crippen molar-refractivity contribution < 1.29 is 4.74 Å². The van der Waals surface area contributed by atoms with Gasteiger partial charge in [0.25, 0.3) is 5.56 Å². The molecule has 0 radical (unpaired) electrons. The number of nitrogens with one attached hydrogen (secondary N) is 2. The SMILES string of the molecule is CCOc1ccc2ncc3c(=O)[nH][nH]c3c2c1. The Bertz CT molecular complexity index is 742. The maximum Gasteiger partial charge on any atom is 0.273 e. The van der Waals surface area contributed by atoms with Gasteiger partial charge in [-0.25, -0.2) is 0 Å². The van der Waals surface area contributed by atoms with Gasteiger partial charge in [0.2, 0.25) is 0 Å². The number of nitrogens with zero attached hydrogens (tertiary/aromatic N) is 1. The van der Waals surface area contributed by atoms with Gasteiger partial charge in [-0.05, 0) is 25.1 Å². The van der Waals surface area contributed by atoms with Crippen molar-refractivity contribution in [3.63, 3.8) is 0 Å². The van der Waals surface area contributed by atoms with Crippen molar-refractivity contribution in [3.8, 4) is 5.75 Å². The normalized spacial score (nSPS) is 11.1. The lowest BCUT2D eigenvalue weighted by Gasteiger charge is -2.04. The summed E-state index contributed by atoms with van der Waals surface area (Å²) >= 11 is 0. The molecule has 0 aliphatic carbocycles. The zero-order valence-corrected chi connectivity index (χ0v) is 9.28. The van der Waals surface area contributed by atoms with E-state index in [4.69, 9.17) is 4.74 Å². The summed E-state index contributed by atoms with van der Waals surface area (Å²) in [5.74, 6) is 0.774. The molecule has 5 heteroatoms. The molecule has 0 amide bonds. The fourth-order valence-electron chi connectivity index (χ4n) is 1.92. The number of aromatic nitrogens is 3. The molecule has 0 saturated carbocycles. The van der Waals surface area contributed by atoms with Crippen molar-refractivity contribution in [3.05, 3.63) is 34.7 Å². The van der Waals surface area contributed by atoms with Gasteiger partial charge in [-0.2, -0.15) is 0 Å². The summed E-state index contributed by atoms with van der Waals surface area (Å²) in [5, 5.41) is 6.87. The van der Waals surface area contributed by atoms with Crippen molar-refractivity contribution in [2.24, 2.45) is 0 Å². The first-order valence-electron chi connectivity index (χ1n) is 5.41. The number of hydrogen-bond acceptors (Lipinski definition) is 3. The van der Waals surface area contributed by atoms with Gasteiger partial charge in [0.05, 0.1) is 23.0 Å². The van der Waals surface area contributed by atoms with Gasteiger partial charge >= 0.3 is 0 Å². The van der Waals surface area contributed by atoms with Crippen molar-refractivity contribution in [1.82, 2.24) is 15.2 Å². The average molecular weight is 229 g/mol. The number of aromatic amines is 2. The number of rotatable bonds is 2. The maximum atomic E-state index is 11.5. The highest BCUT2D eigenvalue weighted by atomic mass is 16.5. The number of fused-ring (bicyclic) bond motifs is 3. The molecule has 0 spiro atoms. The van der Waals surface area contributed by atoms with E-state index < -0.39 is 0 Å². The van der Waals surface area contributed by atoms with Crippen molar-refractivity contribution >= 4 is 21.8 Å². The maximum absolute atomic E-state index is 11.5. The summed E-state index contributed by atoms with van der Waals surface area (Å²) in [5.41, 5.74) is 1.44. The lowest BCUT2D eigenvalue weighted by atomic mass is 10.1. The van der Waals surface area contributed by atoms with E-state index in [1.54, 1.807) is 6.20 Å². The Kier molecular flexibility index (Phi) is 2.11. The predicted octanol–water partition coefficient (Wildman–Crippen LogP) is 1.80. The van der Waals surface area contributed by atoms with Crippen LogP contribution in [-0.4, -0.2) is 21.8 Å². The van der Waals surface area contributed by atoms with Crippen molar-refractivity contribution in [2.75, 3.05) is 6.61 Å². The quantitative estimate of drug-likeness (QED) is 0.704. The molecule has 2 aromatic heterocycles. The van der Waals surface area contributed by atoms with Crippen molar-refractivity contribution in [1.29, 1.82) is 0 Å². The highest BCUT2D eigenvalue weighted by molar-refractivity contribution is 6.03. The minimum Gasteiger partial charge on any atom is -0.494 e. The van der Waals surface area contributed by atoms with Crippen LogP contribution in [0.2, 0.25) is 0 Å². The van der Waals surface area contributed by atoms with Gasteiger partial charge < -0.3 is 4.74 Å². The Balaban J connectivity index is 2.38. The fourth-order valence-corrected chi connectivity index (χ4v) is 1.92. The van der Waals surface area contributed by atoms with E-state index >= 15 is 0 Å². The zero-order valence-electron chi connectivity index (χ0n) is 9.28. The van der Waals surface area contributed by atoms with E-state index in [1.165, 1.54) is 0 Å². The van der Waals surface area contributed by atoms with Crippen LogP contribution >= 0.6 is 0 Å². The molecule has 1 aromatic carbocycles. The Hall–Kier alpha value is -2.30. The zero-order chi connectivity index (χ0) is 11.8. The van der Waals surface area contributed by atoms with Gasteiger partial charge in [0.1, 0.15) is 5.75 Å². The molecular formula is C12H11N3O2. The molecule has 3 rings (SSSR count). The summed E-state index contributed by atoms with van der Waals surface area (Å²) in [4.78, 5) is 15.7. The van der Waals surface area contributed by atoms with Crippen LogP contribution in [0.15, 0.2) is 29.2 Å². The molecule has 0 atom stereocenters. The number of benzene rings is 1. The number of hydrogen-bond donors (Lipinski definition) is 2. The predicted molar refractivity (Wildman–Crippen MR) is 65.4 cm³/mol. The summed E-state index contributed by atoms with van der Waals surface area (Å²) in [6, 6.07) is 5.64. The second-order valence-corrected chi connectivity index (χ2v) is 3.74. The number of pyridine rings is 1. The molecule has 0 fully saturated rings. The Morgan fingerprint density at radius 3 is 3.00 bits per heavy atom. The third-order valence-corrected chi connectivity index (χ3v) is 2.70. The standard InChI is InChI=1S/C12H11N3O2/c1-2-17-7-3-4-10-8(5-7)11-9(6-13-10)12(16)15-14-11/h3-6H,2H2,1H3,(H2,14,15,16). The van der Waals surface area contributed by atoms with Gasteiger partial charge in [-0.3, -0.25) is 20.0 Å². The highest BCUT2D eigenvalue weighted by Gasteiger charge is 2.07. The van der Waals surface area contributed by atoms with E-state index in [-0.39, 0.29) is 5.56 Å². The fraction of sp³-hybridized carbons (Fsp3) is 0.167. The van der Waals surface area contributed by atoms with Crippen LogP contribution in [0.3, 0.4) is 0 Å². The van der Waals surface area contributed by atoms with E-state index in [0.717, 1.165) is 22.2 Å². The van der Waals surface area contributed by atoms with E-state index in [9.17, 15) is 4.79 Å². The smallest absolute Gasteiger partial charge is 0.273 e. The number of ether oxygens (including phenoxy) is 1. The molecule has 0 bridgehead atoms. The van der Waals surface area contributed by atoms with Gasteiger partial charge in [-0.1, -0.05) is 0 Å². The Labute approximate surface area is 96.4 Å². The molecule has 3 aromatic rings. The molecule has 86 valence electrons. The Morgan fingerprint density at radius 2 is 2.18 bits per heavy atom. The highest BCUT2D eigenvalue weighted by Crippen LogP contribution is 2.24. The molecule has 5 nitrogen and oxygen atoms in total. The first-order valence-corrected chi connectivity index (χ1v) is 5.41. The molecule has 0 aliphatic rings. The van der Waals surface area contributed by atoms with Crippen LogP contribution < -0.4 is 10.3 Å². The lowest BCUT2D eigenvalue weighted by Crippen LogP contribution is -1.97. The third kappa shape index (κ3) is 1.47. The summed E-state index contributed by atoms with van der Waals surface area (Å²) < 4.78 is 5.44. The molecule has 2 heterocycles. The minimum atomic E-state index is -0.156. The largest absolute Gasteiger partial charge is 0.494 e. The second kappa shape index (κ2) is 3.62. The van der Waals surface area contributed by atoms with Crippen molar-refractivity contribution in [2.45, 2.75) is 6.92 Å². The molecular weight excluding hydrogens is 218 g/mol. The number of H-pyrrole nitrogens is 2. The van der Waals surface area contributed by atoms with Crippen LogP contribution in [0.5, 0.6) is 5.75 Å². The van der Waals surface area contributed by atoms with Crippen LogP contribution in [0.25, 0.3) is 21.8 Å². The van der Waals surface area contributed by atoms with E-state index in [2.05, 4.69) is 15.2 Å². The van der Waals surface area contributed by atoms with Crippen LogP contribution in [-0.2, 0) is 0 Å². The topological polar surface area (TPSA) is 70.8 Å². The second-order valence-electron chi connectivity index (χ2n) is 3.74. The molecule has 0 aliphatic heterocycles. The molecule has 17 heavy (non-hydrogen) atoms. The monoisotopic (exact) mass is 229 g/mol. The van der Waals surface area contributed by atoms with Gasteiger partial charge in [0.15, 0.2) is 0 Å². The summed E-state index contributed by atoms with van der Waals surface area (Å²) in [6.07, 6.45) is 1.58. The molecule has 0 unspecified atom stereocenters.